The molecule has 5 heteroatoms. The number of anilines is 4. The first kappa shape index (κ1) is 33.4. The van der Waals surface area contributed by atoms with Crippen molar-refractivity contribution in [1.29, 1.82) is 0 Å². The van der Waals surface area contributed by atoms with Gasteiger partial charge in [-0.3, -0.25) is 0 Å². The van der Waals surface area contributed by atoms with Gasteiger partial charge in [0.05, 0.1) is 77.1 Å². The van der Waals surface area contributed by atoms with E-state index in [9.17, 15) is 5.11 Å². The summed E-state index contributed by atoms with van der Waals surface area (Å²) in [5.74, 6) is 0. The number of hydrogen-bond acceptors (Lipinski definition) is 3. The van der Waals surface area contributed by atoms with Gasteiger partial charge in [-0.05, 0) is 73.8 Å². The molecule has 0 bridgehead atoms. The first-order valence-electron chi connectivity index (χ1n) is 16.3. The summed E-state index contributed by atoms with van der Waals surface area (Å²) in [6.45, 7) is 18.6. The molecule has 0 unspecified atom stereocenters. The van der Waals surface area contributed by atoms with E-state index in [1.807, 2.05) is 0 Å². The van der Waals surface area contributed by atoms with Crippen LogP contribution in [0.25, 0.3) is 0 Å². The maximum atomic E-state index is 9.30. The summed E-state index contributed by atoms with van der Waals surface area (Å²) < 4.78 is 2.10. The van der Waals surface area contributed by atoms with E-state index in [2.05, 4.69) is 109 Å². The van der Waals surface area contributed by atoms with E-state index in [0.29, 0.717) is 0 Å². The minimum Gasteiger partial charge on any atom is -0.396 e. The van der Waals surface area contributed by atoms with Gasteiger partial charge in [0.25, 0.3) is 0 Å². The lowest BCUT2D eigenvalue weighted by atomic mass is 9.86. The van der Waals surface area contributed by atoms with Gasteiger partial charge >= 0.3 is 0 Å². The molecule has 1 heterocycles. The van der Waals surface area contributed by atoms with Gasteiger partial charge in [0.15, 0.2) is 0 Å². The minimum absolute atomic E-state index is 0.105. The Kier molecular flexibility index (Phi) is 11.7. The highest BCUT2D eigenvalue weighted by Crippen LogP contribution is 2.50. The van der Waals surface area contributed by atoms with Gasteiger partial charge in [-0.25, -0.2) is 0 Å². The van der Waals surface area contributed by atoms with Crippen LogP contribution in [0.3, 0.4) is 0 Å². The van der Waals surface area contributed by atoms with Gasteiger partial charge in [0, 0.05) is 26.1 Å². The quantitative estimate of drug-likeness (QED) is 0.166. The molecular formula is C36H62N4O+2. The van der Waals surface area contributed by atoms with Crippen LogP contribution in [0.5, 0.6) is 0 Å². The molecule has 0 fully saturated rings. The van der Waals surface area contributed by atoms with E-state index in [0.717, 1.165) is 48.0 Å². The molecule has 0 amide bonds. The Hall–Kier alpha value is -2.08. The summed E-state index contributed by atoms with van der Waals surface area (Å²) in [5.41, 5.74) is 8.33. The molecule has 2 aromatic rings. The number of benzene rings is 2. The Bertz CT molecular complexity index is 1100. The predicted molar refractivity (Wildman–Crippen MR) is 179 cm³/mol. The summed E-state index contributed by atoms with van der Waals surface area (Å²) in [5, 5.41) is 9.30. The van der Waals surface area contributed by atoms with Crippen LogP contribution >= 0.6 is 0 Å². The fraction of sp³-hybridized carbons (Fsp3) is 0.667. The molecule has 0 saturated heterocycles. The second kappa shape index (κ2) is 14.4. The van der Waals surface area contributed by atoms with E-state index in [4.69, 9.17) is 0 Å². The second-order valence-corrected chi connectivity index (χ2v) is 14.8. The first-order chi connectivity index (χ1) is 19.3. The summed E-state index contributed by atoms with van der Waals surface area (Å²) in [6.07, 6.45) is 8.24. The summed E-state index contributed by atoms with van der Waals surface area (Å²) in [4.78, 5) is 5.24. The van der Waals surface area contributed by atoms with E-state index >= 15 is 0 Å². The van der Waals surface area contributed by atoms with E-state index in [1.165, 1.54) is 79.1 Å². The number of aryl methyl sites for hydroxylation is 1. The number of unbranched alkanes of at least 4 members (excludes halogenated alkanes) is 3. The van der Waals surface area contributed by atoms with Gasteiger partial charge in [-0.2, -0.15) is 0 Å². The molecule has 3 rings (SSSR count). The molecular weight excluding hydrogens is 504 g/mol. The lowest BCUT2D eigenvalue weighted by Gasteiger charge is -2.42. The van der Waals surface area contributed by atoms with Crippen molar-refractivity contribution in [2.75, 3.05) is 83.9 Å². The Labute approximate surface area is 252 Å². The monoisotopic (exact) mass is 566 g/mol. The number of aliphatic hydroxyl groups is 1. The van der Waals surface area contributed by atoms with Gasteiger partial charge in [-0.1, -0.05) is 52.3 Å². The predicted octanol–water partition coefficient (Wildman–Crippen LogP) is 7.78. The van der Waals surface area contributed by atoms with Crippen molar-refractivity contribution < 1.29 is 14.1 Å². The SMILES string of the molecule is CCCC[N+](C)(C)CCCCN1c2ccc(C(C)(C)C)cc2N(CCCC[N+](C)(C)CCCO)c2c(C)cccc21. The molecule has 1 aliphatic rings. The molecule has 0 aliphatic carbocycles. The molecule has 0 radical (unpaired) electrons. The highest BCUT2D eigenvalue weighted by Gasteiger charge is 2.31. The maximum Gasteiger partial charge on any atom is 0.0804 e. The van der Waals surface area contributed by atoms with Crippen LogP contribution in [0.2, 0.25) is 0 Å². The number of aliphatic hydroxyl groups excluding tert-OH is 1. The number of rotatable bonds is 16. The summed E-state index contributed by atoms with van der Waals surface area (Å²) >= 11 is 0. The van der Waals surface area contributed by atoms with Crippen molar-refractivity contribution in [3.63, 3.8) is 0 Å². The molecule has 0 aromatic heterocycles. The minimum atomic E-state index is 0.105. The van der Waals surface area contributed by atoms with Gasteiger partial charge in [-0.15, -0.1) is 0 Å². The maximum absolute atomic E-state index is 9.30. The fourth-order valence-electron chi connectivity index (χ4n) is 6.30. The highest BCUT2D eigenvalue weighted by atomic mass is 16.3. The third kappa shape index (κ3) is 9.20. The van der Waals surface area contributed by atoms with E-state index < -0.39 is 0 Å². The molecule has 41 heavy (non-hydrogen) atoms. The van der Waals surface area contributed by atoms with Crippen molar-refractivity contribution in [3.05, 3.63) is 47.5 Å². The molecule has 230 valence electrons. The molecule has 0 spiro atoms. The molecule has 1 N–H and O–H groups in total. The number of fused-ring (bicyclic) bond motifs is 2. The zero-order chi connectivity index (χ0) is 30.3. The lowest BCUT2D eigenvalue weighted by Crippen LogP contribution is -2.42. The Balaban J connectivity index is 1.86. The second-order valence-electron chi connectivity index (χ2n) is 14.8. The topological polar surface area (TPSA) is 26.7 Å². The molecule has 5 nitrogen and oxygen atoms in total. The molecule has 0 saturated carbocycles. The van der Waals surface area contributed by atoms with Crippen LogP contribution in [-0.4, -0.2) is 88.1 Å². The van der Waals surface area contributed by atoms with Gasteiger partial charge in [0.1, 0.15) is 0 Å². The molecule has 1 aliphatic heterocycles. The Morgan fingerprint density at radius 2 is 1.27 bits per heavy atom. The first-order valence-corrected chi connectivity index (χ1v) is 16.3. The summed E-state index contributed by atoms with van der Waals surface area (Å²) in [6, 6.07) is 14.1. The van der Waals surface area contributed by atoms with Crippen LogP contribution < -0.4 is 9.80 Å². The van der Waals surface area contributed by atoms with Gasteiger partial charge < -0.3 is 23.9 Å². The van der Waals surface area contributed by atoms with Crippen LogP contribution in [-0.2, 0) is 5.41 Å². The number of quaternary nitrogens is 2. The zero-order valence-corrected chi connectivity index (χ0v) is 28.1. The Morgan fingerprint density at radius 1 is 0.683 bits per heavy atom. The molecule has 2 aromatic carbocycles. The number of nitrogens with zero attached hydrogens (tertiary/aromatic N) is 4. The highest BCUT2D eigenvalue weighted by molar-refractivity contribution is 5.94. The fourth-order valence-corrected chi connectivity index (χ4v) is 6.30. The average Bonchev–Trinajstić information content (AvgIpc) is 2.91. The average molecular weight is 567 g/mol. The Morgan fingerprint density at radius 3 is 1.85 bits per heavy atom. The van der Waals surface area contributed by atoms with Crippen molar-refractivity contribution in [1.82, 2.24) is 0 Å². The largest absolute Gasteiger partial charge is 0.396 e. The van der Waals surface area contributed by atoms with Crippen molar-refractivity contribution in [3.8, 4) is 0 Å². The number of hydrogen-bond donors (Lipinski definition) is 1. The van der Waals surface area contributed by atoms with E-state index in [-0.39, 0.29) is 12.0 Å². The van der Waals surface area contributed by atoms with Crippen molar-refractivity contribution in [2.24, 2.45) is 0 Å². The molecule has 0 atom stereocenters. The van der Waals surface area contributed by atoms with Gasteiger partial charge in [0.2, 0.25) is 0 Å². The normalized spacial score (nSPS) is 13.9. The van der Waals surface area contributed by atoms with Crippen LogP contribution in [0.4, 0.5) is 22.7 Å². The third-order valence-electron chi connectivity index (χ3n) is 9.03. The van der Waals surface area contributed by atoms with Crippen LogP contribution in [0, 0.1) is 6.92 Å². The van der Waals surface area contributed by atoms with Crippen molar-refractivity contribution >= 4 is 22.7 Å². The van der Waals surface area contributed by atoms with Crippen molar-refractivity contribution in [2.45, 2.75) is 85.0 Å². The van der Waals surface area contributed by atoms with Crippen LogP contribution in [0.1, 0.15) is 83.8 Å². The third-order valence-corrected chi connectivity index (χ3v) is 9.03. The lowest BCUT2D eigenvalue weighted by molar-refractivity contribution is -0.890. The smallest absolute Gasteiger partial charge is 0.0804 e. The number of para-hydroxylation sites is 1. The standard InChI is InChI=1S/C36H62N4O/c1-10-11-24-39(6,7)25-14-12-22-37-32-21-20-31(36(3,4)5)29-34(32)38(35-30(2)18-16-19-33(35)37)23-13-15-26-40(8,9)27-17-28-41/h16,18-21,29,41H,10-15,17,22-28H2,1-9H3/q+2. The van der Waals surface area contributed by atoms with E-state index in [1.54, 1.807) is 0 Å². The zero-order valence-electron chi connectivity index (χ0n) is 28.1. The van der Waals surface area contributed by atoms with Crippen LogP contribution in [0.15, 0.2) is 36.4 Å². The summed E-state index contributed by atoms with van der Waals surface area (Å²) in [7, 11) is 9.37.